The molecule has 0 aromatic heterocycles. The Balaban J connectivity index is -0.000000000139. The van der Waals surface area contributed by atoms with Crippen LogP contribution < -0.4 is 0 Å². The monoisotopic (exact) mass is 234 g/mol. The van der Waals surface area contributed by atoms with Crippen molar-refractivity contribution in [3.05, 3.63) is 0 Å². The second kappa shape index (κ2) is 487000. The minimum absolute atomic E-state index is 0. The second-order valence-electron chi connectivity index (χ2n) is 0. The molecule has 0 aliphatic heterocycles. The predicted octanol–water partition coefficient (Wildman–Crippen LogP) is -7.54. The van der Waals surface area contributed by atoms with E-state index in [0.29, 0.717) is 0 Å². The molecule has 11 heteroatoms. The van der Waals surface area contributed by atoms with Gasteiger partial charge in [0.05, 0.1) is 0 Å². The fourth-order valence-corrected chi connectivity index (χ4v) is 0. The summed E-state index contributed by atoms with van der Waals surface area (Å²) in [7, 11) is 0. The average Bonchev–Trinajstić information content (AvgIpc) is 1.00. The maximum atomic E-state index is 8.00. The van der Waals surface area contributed by atoms with E-state index >= 15 is 0 Å². The van der Waals surface area contributed by atoms with Crippen molar-refractivity contribution in [2.24, 2.45) is 0 Å². The van der Waals surface area contributed by atoms with Crippen LogP contribution in [-0.2, 0) is 19.8 Å². The fraction of sp³-hybridized carbons (Fsp3) is 0. The predicted molar refractivity (Wildman–Crippen MR) is 33.2 cm³/mol. The molecular formula is H18FeO10. The van der Waals surface area contributed by atoms with Crippen molar-refractivity contribution < 1.29 is 69.1 Å². The van der Waals surface area contributed by atoms with Crippen LogP contribution in [0.25, 0.3) is 0 Å². The van der Waals surface area contributed by atoms with Crippen LogP contribution >= 0.6 is 0 Å². The van der Waals surface area contributed by atoms with E-state index in [4.69, 9.17) is 3.83 Å². The molecule has 11 heavy (non-hydrogen) atoms. The van der Waals surface area contributed by atoms with Crippen molar-refractivity contribution in [2.75, 3.05) is 0 Å². The topological polar surface area (TPSA) is 301 Å². The van der Waals surface area contributed by atoms with E-state index in [1.165, 1.54) is 0 Å². The zero-order valence-electron chi connectivity index (χ0n) is 5.26. The van der Waals surface area contributed by atoms with Gasteiger partial charge in [0.15, 0.2) is 0 Å². The van der Waals surface area contributed by atoms with Gasteiger partial charge in [-0.05, 0) is 0 Å². The van der Waals surface area contributed by atoms with Gasteiger partial charge < -0.3 is 49.3 Å². The molecule has 0 aliphatic carbocycles. The van der Waals surface area contributed by atoms with E-state index in [1.54, 1.807) is 0 Å². The molecule has 18 N–H and O–H groups in total. The fourth-order valence-electron chi connectivity index (χ4n) is 0. The van der Waals surface area contributed by atoms with Crippen LogP contribution in [0.2, 0.25) is 0 Å². The van der Waals surface area contributed by atoms with Gasteiger partial charge in [-0.2, -0.15) is 0 Å². The third kappa shape index (κ3) is 384000. The molecule has 0 saturated carbocycles. The minimum atomic E-state index is 0. The maximum absolute atomic E-state index is 8.00. The van der Waals surface area contributed by atoms with Crippen LogP contribution in [0, 0.1) is 0 Å². The first-order valence-electron chi connectivity index (χ1n) is 0.144. The van der Waals surface area contributed by atoms with Crippen LogP contribution in [0.4, 0.5) is 0 Å². The van der Waals surface area contributed by atoms with Crippen LogP contribution in [0.5, 0.6) is 0 Å². The van der Waals surface area contributed by atoms with Crippen molar-refractivity contribution in [1.29, 1.82) is 0 Å². The SMILES string of the molecule is O.O.O.O.O.O.O.O.O.[O]=[Fe]. The first-order valence-corrected chi connectivity index (χ1v) is 0.595. The van der Waals surface area contributed by atoms with Gasteiger partial charge in [0, 0.05) is 0 Å². The average molecular weight is 234 g/mol. The Hall–Kier alpha value is -0.0405. The number of hydrogen-bond acceptors (Lipinski definition) is 1. The molecule has 0 atom stereocenters. The summed E-state index contributed by atoms with van der Waals surface area (Å²) in [5.74, 6) is 0. The van der Waals surface area contributed by atoms with Gasteiger partial charge in [-0.1, -0.05) is 0 Å². The van der Waals surface area contributed by atoms with Gasteiger partial charge in [-0.15, -0.1) is 0 Å². The van der Waals surface area contributed by atoms with E-state index in [9.17, 15) is 0 Å². The van der Waals surface area contributed by atoms with Gasteiger partial charge >= 0.3 is 19.8 Å². The molecule has 0 spiro atoms. The molecule has 0 aliphatic rings. The molecule has 0 amide bonds. The van der Waals surface area contributed by atoms with Gasteiger partial charge in [-0.25, -0.2) is 0 Å². The molecule has 86 valence electrons. The van der Waals surface area contributed by atoms with E-state index in [1.807, 2.05) is 15.9 Å². The van der Waals surface area contributed by atoms with Crippen LogP contribution in [0.1, 0.15) is 0 Å². The molecule has 0 aromatic rings. The van der Waals surface area contributed by atoms with E-state index in [2.05, 4.69) is 0 Å². The molecule has 0 saturated heterocycles. The summed E-state index contributed by atoms with van der Waals surface area (Å²) in [6.45, 7) is 0. The molecule has 0 rings (SSSR count). The number of hydrogen-bond donors (Lipinski definition) is 0. The van der Waals surface area contributed by atoms with Gasteiger partial charge in [-0.3, -0.25) is 0 Å². The van der Waals surface area contributed by atoms with Crippen molar-refractivity contribution in [1.82, 2.24) is 0 Å². The van der Waals surface area contributed by atoms with E-state index < -0.39 is 0 Å². The van der Waals surface area contributed by atoms with Crippen LogP contribution in [-0.4, -0.2) is 49.3 Å². The summed E-state index contributed by atoms with van der Waals surface area (Å²) in [5.41, 5.74) is 0. The van der Waals surface area contributed by atoms with Gasteiger partial charge in [0.1, 0.15) is 0 Å². The Kier molecular flexibility index (Phi) is 52300000. The molecule has 0 heterocycles. The van der Waals surface area contributed by atoms with Crippen molar-refractivity contribution in [2.45, 2.75) is 0 Å². The third-order valence-corrected chi connectivity index (χ3v) is 0. The second-order valence-corrected chi connectivity index (χ2v) is 0. The van der Waals surface area contributed by atoms with E-state index in [0.717, 1.165) is 0 Å². The summed E-state index contributed by atoms with van der Waals surface area (Å²) >= 11 is 2.00. The Labute approximate surface area is 70.0 Å². The molecule has 0 aromatic carbocycles. The summed E-state index contributed by atoms with van der Waals surface area (Å²) in [5, 5.41) is 0. The van der Waals surface area contributed by atoms with Crippen LogP contribution in [0.15, 0.2) is 0 Å². The normalized spacial score (nSPS) is 0.455. The molecule has 0 unspecified atom stereocenters. The van der Waals surface area contributed by atoms with Crippen molar-refractivity contribution >= 4 is 0 Å². The van der Waals surface area contributed by atoms with Gasteiger partial charge in [0.2, 0.25) is 0 Å². The van der Waals surface area contributed by atoms with Crippen molar-refractivity contribution in [3.63, 3.8) is 0 Å². The Bertz CT molecular complexity index is 4.83. The summed E-state index contributed by atoms with van der Waals surface area (Å²) in [6, 6.07) is 0. The third-order valence-electron chi connectivity index (χ3n) is 0. The van der Waals surface area contributed by atoms with Crippen molar-refractivity contribution in [3.8, 4) is 0 Å². The summed E-state index contributed by atoms with van der Waals surface area (Å²) in [6.07, 6.45) is 0. The summed E-state index contributed by atoms with van der Waals surface area (Å²) in [4.78, 5) is 0. The number of rotatable bonds is 0. The molecular weight excluding hydrogens is 216 g/mol. The zero-order chi connectivity index (χ0) is 2.00. The van der Waals surface area contributed by atoms with E-state index in [-0.39, 0.29) is 49.3 Å². The summed E-state index contributed by atoms with van der Waals surface area (Å²) < 4.78 is 8.00. The Morgan fingerprint density at radius 1 is 0.364 bits per heavy atom. The first kappa shape index (κ1) is 1180. The quantitative estimate of drug-likeness (QED) is 0.361. The zero-order valence-corrected chi connectivity index (χ0v) is 6.37. The first-order chi connectivity index (χ1) is 1.00. The molecule has 0 bridgehead atoms. The molecule has 10 nitrogen and oxygen atoms in total. The molecule has 0 fully saturated rings. The van der Waals surface area contributed by atoms with Gasteiger partial charge in [0.25, 0.3) is 0 Å². The Morgan fingerprint density at radius 3 is 0.364 bits per heavy atom. The van der Waals surface area contributed by atoms with Crippen LogP contribution in [0.3, 0.4) is 0 Å². The standard InChI is InChI=1S/Fe.9H2O.O/h;9*1H2;. The Morgan fingerprint density at radius 2 is 0.364 bits per heavy atom. The molecule has 0 radical (unpaired) electrons.